The molecule has 3 aromatic carbocycles. The lowest BCUT2D eigenvalue weighted by molar-refractivity contribution is -0.274. The van der Waals surface area contributed by atoms with Crippen molar-refractivity contribution in [2.24, 2.45) is 4.99 Å². The molecule has 1 aliphatic rings. The number of halogens is 3. The van der Waals surface area contributed by atoms with Crippen LogP contribution in [-0.2, 0) is 15.0 Å². The van der Waals surface area contributed by atoms with E-state index in [0.29, 0.717) is 16.5 Å². The highest BCUT2D eigenvalue weighted by Gasteiger charge is 2.33. The summed E-state index contributed by atoms with van der Waals surface area (Å²) in [5, 5.41) is 2.96. The number of hydrogen-bond acceptors (Lipinski definition) is 5. The van der Waals surface area contributed by atoms with Crippen LogP contribution in [0.5, 0.6) is 5.75 Å². The smallest absolute Gasteiger partial charge is 0.406 e. The molecule has 0 aliphatic carbocycles. The Morgan fingerprint density at radius 1 is 0.974 bits per heavy atom. The number of nitrogens with one attached hydrogen (secondary N) is 1. The van der Waals surface area contributed by atoms with Gasteiger partial charge in [0, 0.05) is 5.69 Å². The minimum Gasteiger partial charge on any atom is -0.406 e. The summed E-state index contributed by atoms with van der Waals surface area (Å²) in [6, 6.07) is 21.7. The monoisotopic (exact) mass is 553 g/mol. The molecular formula is C29H26F3N3O3S. The first-order chi connectivity index (χ1) is 18.4. The Bertz CT molecular complexity index is 1400. The second-order valence-electron chi connectivity index (χ2n) is 9.68. The molecule has 202 valence electrons. The minimum atomic E-state index is -4.80. The zero-order valence-electron chi connectivity index (χ0n) is 21.5. The van der Waals surface area contributed by atoms with Crippen LogP contribution in [0.4, 0.5) is 24.5 Å². The van der Waals surface area contributed by atoms with E-state index in [0.717, 1.165) is 29.5 Å². The van der Waals surface area contributed by atoms with E-state index >= 15 is 0 Å². The molecule has 3 aromatic rings. The Kier molecular flexibility index (Phi) is 8.15. The average Bonchev–Trinajstić information content (AvgIpc) is 3.18. The molecule has 1 aliphatic heterocycles. The van der Waals surface area contributed by atoms with Crippen molar-refractivity contribution >= 4 is 46.2 Å². The molecule has 0 fully saturated rings. The van der Waals surface area contributed by atoms with Crippen molar-refractivity contribution < 1.29 is 27.5 Å². The van der Waals surface area contributed by atoms with Gasteiger partial charge < -0.3 is 10.1 Å². The molecule has 1 heterocycles. The van der Waals surface area contributed by atoms with Crippen LogP contribution in [-0.4, -0.2) is 29.1 Å². The zero-order valence-corrected chi connectivity index (χ0v) is 22.3. The third kappa shape index (κ3) is 7.51. The maximum Gasteiger partial charge on any atom is 0.573 e. The number of amidine groups is 1. The fourth-order valence-corrected chi connectivity index (χ4v) is 4.51. The Morgan fingerprint density at radius 2 is 1.62 bits per heavy atom. The van der Waals surface area contributed by atoms with Crippen molar-refractivity contribution in [3.05, 3.63) is 95.7 Å². The zero-order chi connectivity index (χ0) is 28.2. The molecule has 4 rings (SSSR count). The Balaban J connectivity index is 1.49. The van der Waals surface area contributed by atoms with Gasteiger partial charge in [0.15, 0.2) is 5.17 Å². The minimum absolute atomic E-state index is 0.000374. The van der Waals surface area contributed by atoms with Crippen LogP contribution in [0.15, 0.2) is 89.6 Å². The molecule has 39 heavy (non-hydrogen) atoms. The fraction of sp³-hybridized carbons (Fsp3) is 0.207. The van der Waals surface area contributed by atoms with Crippen LogP contribution >= 0.6 is 11.8 Å². The number of carbonyl (C=O) groups is 2. The molecule has 2 amide bonds. The van der Waals surface area contributed by atoms with Crippen LogP contribution in [0.25, 0.3) is 6.08 Å². The summed E-state index contributed by atoms with van der Waals surface area (Å²) < 4.78 is 40.9. The number of hydrogen-bond donors (Lipinski definition) is 1. The molecule has 0 aromatic heterocycles. The summed E-state index contributed by atoms with van der Waals surface area (Å²) in [7, 11) is 0. The molecular weight excluding hydrogens is 527 g/mol. The first kappa shape index (κ1) is 28.0. The highest BCUT2D eigenvalue weighted by atomic mass is 32.2. The number of ether oxygens (including phenoxy) is 1. The highest BCUT2D eigenvalue weighted by Crippen LogP contribution is 2.30. The molecule has 1 N–H and O–H groups in total. The van der Waals surface area contributed by atoms with Gasteiger partial charge in [-0.3, -0.25) is 14.5 Å². The van der Waals surface area contributed by atoms with Crippen LogP contribution in [0.3, 0.4) is 0 Å². The second-order valence-corrected chi connectivity index (χ2v) is 10.6. The molecule has 0 atom stereocenters. The van der Waals surface area contributed by atoms with Crippen molar-refractivity contribution in [1.29, 1.82) is 0 Å². The standard InChI is InChI=1S/C29H26F3N3O3S/c1-28(2,3)20-11-9-19(10-12-20)17-24-26(37)35(22-7-5-4-6-8-22)27(34-24)39-18-25(36)33-21-13-15-23(16-14-21)38-29(30,31)32/h4-17H,18H2,1-3H3,(H,33,36). The van der Waals surface area contributed by atoms with Gasteiger partial charge in [0.05, 0.1) is 11.4 Å². The topological polar surface area (TPSA) is 71.0 Å². The number of para-hydroxylation sites is 1. The maximum absolute atomic E-state index is 13.4. The number of alkyl halides is 3. The summed E-state index contributed by atoms with van der Waals surface area (Å²) in [5.74, 6) is -1.20. The summed E-state index contributed by atoms with van der Waals surface area (Å²) in [5.41, 5.74) is 3.15. The van der Waals surface area contributed by atoms with E-state index in [9.17, 15) is 22.8 Å². The van der Waals surface area contributed by atoms with Crippen molar-refractivity contribution in [2.75, 3.05) is 16.0 Å². The molecule has 0 spiro atoms. The van der Waals surface area contributed by atoms with Crippen molar-refractivity contribution in [3.8, 4) is 5.75 Å². The second kappa shape index (κ2) is 11.4. The van der Waals surface area contributed by atoms with Gasteiger partial charge in [-0.25, -0.2) is 4.99 Å². The van der Waals surface area contributed by atoms with Gasteiger partial charge in [0.2, 0.25) is 5.91 Å². The third-order valence-corrected chi connectivity index (χ3v) is 6.57. The van der Waals surface area contributed by atoms with Crippen LogP contribution in [0, 0.1) is 0 Å². The molecule has 10 heteroatoms. The largest absolute Gasteiger partial charge is 0.573 e. The first-order valence-corrected chi connectivity index (χ1v) is 13.0. The number of anilines is 2. The van der Waals surface area contributed by atoms with Gasteiger partial charge >= 0.3 is 6.36 Å². The van der Waals surface area contributed by atoms with Crippen LogP contribution < -0.4 is 15.0 Å². The lowest BCUT2D eigenvalue weighted by Crippen LogP contribution is -2.31. The number of nitrogens with zero attached hydrogens (tertiary/aromatic N) is 2. The van der Waals surface area contributed by atoms with E-state index in [-0.39, 0.29) is 28.5 Å². The molecule has 0 saturated carbocycles. The lowest BCUT2D eigenvalue weighted by atomic mass is 9.87. The van der Waals surface area contributed by atoms with Gasteiger partial charge in [0.25, 0.3) is 5.91 Å². The number of benzene rings is 3. The van der Waals surface area contributed by atoms with Crippen molar-refractivity contribution in [2.45, 2.75) is 32.5 Å². The first-order valence-electron chi connectivity index (χ1n) is 12.0. The fourth-order valence-electron chi connectivity index (χ4n) is 3.70. The quantitative estimate of drug-likeness (QED) is 0.334. The summed E-state index contributed by atoms with van der Waals surface area (Å²) in [6.07, 6.45) is -3.09. The number of carbonyl (C=O) groups excluding carboxylic acids is 2. The Hall–Kier alpha value is -4.05. The predicted octanol–water partition coefficient (Wildman–Crippen LogP) is 7.00. The van der Waals surface area contributed by atoms with E-state index in [1.807, 2.05) is 30.3 Å². The van der Waals surface area contributed by atoms with Crippen LogP contribution in [0.1, 0.15) is 31.9 Å². The van der Waals surface area contributed by atoms with Crippen molar-refractivity contribution in [3.63, 3.8) is 0 Å². The summed E-state index contributed by atoms with van der Waals surface area (Å²) >= 11 is 1.08. The van der Waals surface area contributed by atoms with E-state index in [1.54, 1.807) is 30.3 Å². The number of aliphatic imine (C=N–C) groups is 1. The van der Waals surface area contributed by atoms with Gasteiger partial charge in [-0.05, 0) is 59.0 Å². The van der Waals surface area contributed by atoms with E-state index < -0.39 is 12.3 Å². The lowest BCUT2D eigenvalue weighted by Gasteiger charge is -2.18. The molecule has 6 nitrogen and oxygen atoms in total. The number of amides is 2. The Labute approximate surface area is 228 Å². The molecule has 0 radical (unpaired) electrons. The van der Waals surface area contributed by atoms with Gasteiger partial charge in [-0.2, -0.15) is 0 Å². The maximum atomic E-state index is 13.4. The van der Waals surface area contributed by atoms with E-state index in [1.165, 1.54) is 22.6 Å². The van der Waals surface area contributed by atoms with E-state index in [2.05, 4.69) is 35.8 Å². The number of thioether (sulfide) groups is 1. The van der Waals surface area contributed by atoms with Gasteiger partial charge in [0.1, 0.15) is 11.4 Å². The highest BCUT2D eigenvalue weighted by molar-refractivity contribution is 8.14. The molecule has 0 saturated heterocycles. The predicted molar refractivity (Wildman–Crippen MR) is 149 cm³/mol. The summed E-state index contributed by atoms with van der Waals surface area (Å²) in [6.45, 7) is 6.38. The van der Waals surface area contributed by atoms with E-state index in [4.69, 9.17) is 0 Å². The molecule has 0 bridgehead atoms. The van der Waals surface area contributed by atoms with Crippen molar-refractivity contribution in [1.82, 2.24) is 0 Å². The normalized spacial score (nSPS) is 14.9. The van der Waals surface area contributed by atoms with Gasteiger partial charge in [-0.1, -0.05) is 75.0 Å². The molecule has 0 unspecified atom stereocenters. The number of rotatable bonds is 6. The Morgan fingerprint density at radius 3 is 2.21 bits per heavy atom. The average molecular weight is 554 g/mol. The van der Waals surface area contributed by atoms with Gasteiger partial charge in [-0.15, -0.1) is 13.2 Å². The third-order valence-electron chi connectivity index (χ3n) is 5.63. The van der Waals surface area contributed by atoms with Crippen LogP contribution in [0.2, 0.25) is 0 Å². The summed E-state index contributed by atoms with van der Waals surface area (Å²) in [4.78, 5) is 31.9. The SMILES string of the molecule is CC(C)(C)c1ccc(C=C2N=C(SCC(=O)Nc3ccc(OC(F)(F)F)cc3)N(c3ccccc3)C2=O)cc1.